The van der Waals surface area contributed by atoms with Crippen molar-refractivity contribution < 1.29 is 22.7 Å². The van der Waals surface area contributed by atoms with Gasteiger partial charge in [0.15, 0.2) is 11.5 Å². The number of ether oxygens (including phenoxy) is 2. The maximum Gasteiger partial charge on any atom is 0.320 e. The summed E-state index contributed by atoms with van der Waals surface area (Å²) in [4.78, 5) is 16.4. The van der Waals surface area contributed by atoms with Gasteiger partial charge < -0.3 is 19.3 Å². The van der Waals surface area contributed by atoms with Gasteiger partial charge in [0.1, 0.15) is 0 Å². The fourth-order valence-electron chi connectivity index (χ4n) is 3.53. The van der Waals surface area contributed by atoms with Crippen LogP contribution in [0.4, 0.5) is 4.79 Å². The van der Waals surface area contributed by atoms with Gasteiger partial charge in [-0.2, -0.15) is 4.31 Å². The molecule has 9 heteroatoms. The van der Waals surface area contributed by atoms with Crippen LogP contribution < -0.4 is 9.47 Å². The number of nitrogens with zero attached hydrogens (tertiary/aromatic N) is 3. The standard InChI is InChI=1S/C18H27N3O5S/c1-25-16-7-6-15(14-17(16)26-2)27(23,24)21-12-10-20(11-13-21)18(22)19-8-4-3-5-9-19/h6-7,14H,3-5,8-13H2,1-2H3. The predicted molar refractivity (Wildman–Crippen MR) is 101 cm³/mol. The number of amides is 2. The maximum absolute atomic E-state index is 12.9. The molecule has 8 nitrogen and oxygen atoms in total. The number of piperidine rings is 1. The molecule has 0 unspecified atom stereocenters. The van der Waals surface area contributed by atoms with Crippen LogP contribution in [0.15, 0.2) is 23.1 Å². The van der Waals surface area contributed by atoms with Crippen LogP contribution in [-0.2, 0) is 10.0 Å². The van der Waals surface area contributed by atoms with E-state index in [0.29, 0.717) is 24.6 Å². The van der Waals surface area contributed by atoms with E-state index in [1.165, 1.54) is 37.1 Å². The Hall–Kier alpha value is -2.00. The van der Waals surface area contributed by atoms with Crippen molar-refractivity contribution in [3.05, 3.63) is 18.2 Å². The Morgan fingerprint density at radius 1 is 0.852 bits per heavy atom. The molecular weight excluding hydrogens is 370 g/mol. The third-order valence-corrected chi connectivity index (χ3v) is 7.02. The second-order valence-corrected chi connectivity index (χ2v) is 8.68. The lowest BCUT2D eigenvalue weighted by atomic mass is 10.1. The zero-order valence-electron chi connectivity index (χ0n) is 15.9. The number of carbonyl (C=O) groups is 1. The van der Waals surface area contributed by atoms with E-state index >= 15 is 0 Å². The van der Waals surface area contributed by atoms with E-state index in [-0.39, 0.29) is 24.0 Å². The molecule has 0 aromatic heterocycles. The van der Waals surface area contributed by atoms with E-state index in [9.17, 15) is 13.2 Å². The van der Waals surface area contributed by atoms with Crippen molar-refractivity contribution in [2.24, 2.45) is 0 Å². The van der Waals surface area contributed by atoms with Crippen LogP contribution in [0.2, 0.25) is 0 Å². The summed E-state index contributed by atoms with van der Waals surface area (Å²) >= 11 is 0. The normalized spacial score (nSPS) is 19.0. The van der Waals surface area contributed by atoms with Gasteiger partial charge in [-0.05, 0) is 31.4 Å². The molecule has 2 saturated heterocycles. The Kier molecular flexibility index (Phi) is 6.11. The van der Waals surface area contributed by atoms with Gasteiger partial charge in [0, 0.05) is 45.3 Å². The Balaban J connectivity index is 1.67. The van der Waals surface area contributed by atoms with Crippen LogP contribution in [-0.4, -0.2) is 82.0 Å². The van der Waals surface area contributed by atoms with E-state index in [1.54, 1.807) is 11.0 Å². The first kappa shape index (κ1) is 19.8. The van der Waals surface area contributed by atoms with Gasteiger partial charge in [0.05, 0.1) is 19.1 Å². The summed E-state index contributed by atoms with van der Waals surface area (Å²) in [5.74, 6) is 0.853. The van der Waals surface area contributed by atoms with Crippen LogP contribution in [0.1, 0.15) is 19.3 Å². The molecule has 0 spiro atoms. The number of carbonyl (C=O) groups excluding carboxylic acids is 1. The van der Waals surface area contributed by atoms with Crippen molar-refractivity contribution in [3.8, 4) is 11.5 Å². The summed E-state index contributed by atoms with van der Waals surface area (Å²) in [5.41, 5.74) is 0. The maximum atomic E-state index is 12.9. The highest BCUT2D eigenvalue weighted by molar-refractivity contribution is 7.89. The first-order valence-corrected chi connectivity index (χ1v) is 10.7. The Morgan fingerprint density at radius 2 is 1.44 bits per heavy atom. The molecule has 2 heterocycles. The van der Waals surface area contributed by atoms with E-state index in [1.807, 2.05) is 4.90 Å². The van der Waals surface area contributed by atoms with Crippen LogP contribution in [0.25, 0.3) is 0 Å². The molecule has 27 heavy (non-hydrogen) atoms. The van der Waals surface area contributed by atoms with Gasteiger partial charge >= 0.3 is 6.03 Å². The van der Waals surface area contributed by atoms with E-state index in [4.69, 9.17) is 9.47 Å². The topological polar surface area (TPSA) is 79.4 Å². The van der Waals surface area contributed by atoms with Crippen LogP contribution in [0.5, 0.6) is 11.5 Å². The van der Waals surface area contributed by atoms with Crippen molar-refractivity contribution in [3.63, 3.8) is 0 Å². The molecule has 0 bridgehead atoms. The molecule has 0 radical (unpaired) electrons. The number of methoxy groups -OCH3 is 2. The smallest absolute Gasteiger partial charge is 0.320 e. The summed E-state index contributed by atoms with van der Waals surface area (Å²) in [5, 5.41) is 0. The molecule has 2 aliphatic heterocycles. The van der Waals surface area contributed by atoms with Gasteiger partial charge in [0.2, 0.25) is 10.0 Å². The molecule has 0 aliphatic carbocycles. The fourth-order valence-corrected chi connectivity index (χ4v) is 4.97. The molecule has 1 aromatic carbocycles. The van der Waals surface area contributed by atoms with Crippen LogP contribution >= 0.6 is 0 Å². The molecule has 3 rings (SSSR count). The highest BCUT2D eigenvalue weighted by Gasteiger charge is 2.32. The number of sulfonamides is 1. The second kappa shape index (κ2) is 8.35. The highest BCUT2D eigenvalue weighted by Crippen LogP contribution is 2.31. The zero-order chi connectivity index (χ0) is 19.4. The monoisotopic (exact) mass is 397 g/mol. The lowest BCUT2D eigenvalue weighted by molar-refractivity contribution is 0.126. The number of likely N-dealkylation sites (tertiary alicyclic amines) is 1. The molecule has 0 N–H and O–H groups in total. The number of benzene rings is 1. The van der Waals surface area contributed by atoms with Crippen molar-refractivity contribution >= 4 is 16.1 Å². The Bertz CT molecular complexity index is 769. The molecule has 2 fully saturated rings. The van der Waals surface area contributed by atoms with Crippen LogP contribution in [0, 0.1) is 0 Å². The summed E-state index contributed by atoms with van der Waals surface area (Å²) in [6.45, 7) is 2.97. The lowest BCUT2D eigenvalue weighted by Crippen LogP contribution is -2.54. The lowest BCUT2D eigenvalue weighted by Gasteiger charge is -2.38. The Morgan fingerprint density at radius 3 is 2.04 bits per heavy atom. The largest absolute Gasteiger partial charge is 0.493 e. The number of piperazine rings is 1. The van der Waals surface area contributed by atoms with E-state index < -0.39 is 10.0 Å². The minimum Gasteiger partial charge on any atom is -0.493 e. The van der Waals surface area contributed by atoms with Crippen LogP contribution in [0.3, 0.4) is 0 Å². The first-order valence-electron chi connectivity index (χ1n) is 9.23. The average molecular weight is 397 g/mol. The number of hydrogen-bond donors (Lipinski definition) is 0. The molecule has 0 saturated carbocycles. The SMILES string of the molecule is COc1ccc(S(=O)(=O)N2CCN(C(=O)N3CCCCC3)CC2)cc1OC. The molecular formula is C18H27N3O5S. The molecule has 0 atom stereocenters. The minimum atomic E-state index is -3.65. The number of rotatable bonds is 4. The van der Waals surface area contributed by atoms with Gasteiger partial charge in [-0.15, -0.1) is 0 Å². The molecule has 1 aromatic rings. The fraction of sp³-hybridized carbons (Fsp3) is 0.611. The molecule has 150 valence electrons. The summed E-state index contributed by atoms with van der Waals surface area (Å²) in [6.07, 6.45) is 3.25. The van der Waals surface area contributed by atoms with Crippen molar-refractivity contribution in [1.82, 2.24) is 14.1 Å². The quantitative estimate of drug-likeness (QED) is 0.771. The van der Waals surface area contributed by atoms with E-state index in [2.05, 4.69) is 0 Å². The molecule has 2 aliphatic rings. The van der Waals surface area contributed by atoms with Gasteiger partial charge in [-0.1, -0.05) is 0 Å². The van der Waals surface area contributed by atoms with Crippen molar-refractivity contribution in [2.75, 3.05) is 53.5 Å². The molecule has 2 amide bonds. The minimum absolute atomic E-state index is 0.0258. The second-order valence-electron chi connectivity index (χ2n) is 6.74. The zero-order valence-corrected chi connectivity index (χ0v) is 16.7. The summed E-state index contributed by atoms with van der Waals surface area (Å²) in [7, 11) is -0.671. The first-order chi connectivity index (χ1) is 13.0. The van der Waals surface area contributed by atoms with Crippen molar-refractivity contribution in [1.29, 1.82) is 0 Å². The third-order valence-electron chi connectivity index (χ3n) is 5.13. The van der Waals surface area contributed by atoms with Gasteiger partial charge in [-0.3, -0.25) is 0 Å². The van der Waals surface area contributed by atoms with Gasteiger partial charge in [-0.25, -0.2) is 13.2 Å². The Labute approximate surface area is 160 Å². The summed E-state index contributed by atoms with van der Waals surface area (Å²) in [6, 6.07) is 4.60. The van der Waals surface area contributed by atoms with E-state index in [0.717, 1.165) is 25.9 Å². The third kappa shape index (κ3) is 4.14. The highest BCUT2D eigenvalue weighted by atomic mass is 32.2. The average Bonchev–Trinajstić information content (AvgIpc) is 2.73. The number of urea groups is 1. The van der Waals surface area contributed by atoms with Crippen molar-refractivity contribution in [2.45, 2.75) is 24.2 Å². The van der Waals surface area contributed by atoms with Gasteiger partial charge in [0.25, 0.3) is 0 Å². The number of hydrogen-bond acceptors (Lipinski definition) is 5. The summed E-state index contributed by atoms with van der Waals surface area (Å²) < 4.78 is 37.7. The predicted octanol–water partition coefficient (Wildman–Crippen LogP) is 1.62.